The van der Waals surface area contributed by atoms with E-state index in [4.69, 9.17) is 4.84 Å². The van der Waals surface area contributed by atoms with Crippen molar-refractivity contribution in [3.63, 3.8) is 0 Å². The zero-order valence-corrected chi connectivity index (χ0v) is 15.0. The molecule has 0 aliphatic carbocycles. The summed E-state index contributed by atoms with van der Waals surface area (Å²) in [5.74, 6) is 0.529. The lowest BCUT2D eigenvalue weighted by atomic mass is 10.3. The van der Waals surface area contributed by atoms with Gasteiger partial charge >= 0.3 is 0 Å². The van der Waals surface area contributed by atoms with Gasteiger partial charge in [0.2, 0.25) is 0 Å². The third-order valence-electron chi connectivity index (χ3n) is 4.76. The highest BCUT2D eigenvalue weighted by Gasteiger charge is 2.15. The number of nitrogens with zero attached hydrogens (tertiary/aromatic N) is 5. The number of aryl methyl sites for hydroxylation is 1. The minimum absolute atomic E-state index is 0.212. The quantitative estimate of drug-likeness (QED) is 0.632. The van der Waals surface area contributed by atoms with E-state index in [1.807, 2.05) is 30.3 Å². The van der Waals surface area contributed by atoms with Gasteiger partial charge in [-0.1, -0.05) is 18.2 Å². The van der Waals surface area contributed by atoms with Crippen LogP contribution in [-0.2, 0) is 0 Å². The molecule has 1 saturated heterocycles. The van der Waals surface area contributed by atoms with Crippen LogP contribution in [0.15, 0.2) is 41.3 Å². The van der Waals surface area contributed by atoms with Crippen LogP contribution in [0.2, 0.25) is 0 Å². The lowest BCUT2D eigenvalue weighted by Crippen LogP contribution is -2.32. The van der Waals surface area contributed by atoms with Crippen molar-refractivity contribution in [2.75, 3.05) is 26.2 Å². The number of aromatic nitrogens is 4. The zero-order chi connectivity index (χ0) is 17.9. The molecule has 4 rings (SSSR count). The Hall–Kier alpha value is -2.67. The average Bonchev–Trinajstić information content (AvgIpc) is 3.31. The van der Waals surface area contributed by atoms with Gasteiger partial charge in [-0.3, -0.25) is 4.79 Å². The van der Waals surface area contributed by atoms with Crippen molar-refractivity contribution in [1.29, 1.82) is 0 Å². The fourth-order valence-corrected chi connectivity index (χ4v) is 3.42. The lowest BCUT2D eigenvalue weighted by Gasteiger charge is -2.15. The highest BCUT2D eigenvalue weighted by Crippen LogP contribution is 2.14. The number of rotatable bonds is 6. The molecule has 0 saturated carbocycles. The summed E-state index contributed by atoms with van der Waals surface area (Å²) >= 11 is 0. The molecule has 7 heteroatoms. The van der Waals surface area contributed by atoms with Crippen LogP contribution in [0.3, 0.4) is 0 Å². The molecule has 1 aliphatic heterocycles. The Balaban J connectivity index is 1.54. The van der Waals surface area contributed by atoms with E-state index in [0.29, 0.717) is 23.5 Å². The average molecular weight is 353 g/mol. The number of likely N-dealkylation sites (tertiary alicyclic amines) is 1. The molecule has 0 atom stereocenters. The molecule has 1 aromatic carbocycles. The maximum atomic E-state index is 12.8. The first-order chi connectivity index (χ1) is 12.7. The molecule has 1 aliphatic rings. The molecular formula is C19H23N5O2. The number of para-hydroxylation sites is 1. The molecule has 3 aromatic rings. The first-order valence-electron chi connectivity index (χ1n) is 9.12. The van der Waals surface area contributed by atoms with Crippen LogP contribution in [-0.4, -0.2) is 50.6 Å². The van der Waals surface area contributed by atoms with E-state index in [1.165, 1.54) is 30.7 Å². The Morgan fingerprint density at radius 1 is 1.15 bits per heavy atom. The van der Waals surface area contributed by atoms with E-state index in [-0.39, 0.29) is 5.56 Å². The van der Waals surface area contributed by atoms with Crippen LogP contribution in [0.25, 0.3) is 16.7 Å². The van der Waals surface area contributed by atoms with Gasteiger partial charge in [-0.2, -0.15) is 5.10 Å². The molecule has 3 heterocycles. The summed E-state index contributed by atoms with van der Waals surface area (Å²) in [5.41, 5.74) is 1.21. The van der Waals surface area contributed by atoms with Gasteiger partial charge in [0, 0.05) is 6.54 Å². The van der Waals surface area contributed by atoms with Gasteiger partial charge in [0.15, 0.2) is 5.65 Å². The smallest absolute Gasteiger partial charge is 0.297 e. The molecule has 0 radical (unpaired) electrons. The second kappa shape index (κ2) is 7.29. The van der Waals surface area contributed by atoms with E-state index in [0.717, 1.165) is 18.7 Å². The van der Waals surface area contributed by atoms with Gasteiger partial charge in [0.1, 0.15) is 17.8 Å². The van der Waals surface area contributed by atoms with Crippen LogP contribution in [0.1, 0.15) is 25.1 Å². The molecule has 1 fully saturated rings. The topological polar surface area (TPSA) is 65.2 Å². The van der Waals surface area contributed by atoms with Gasteiger partial charge in [-0.05, 0) is 51.4 Å². The van der Waals surface area contributed by atoms with Crippen LogP contribution in [0.4, 0.5) is 0 Å². The minimum Gasteiger partial charge on any atom is -0.409 e. The van der Waals surface area contributed by atoms with Crippen molar-refractivity contribution in [1.82, 2.24) is 24.4 Å². The van der Waals surface area contributed by atoms with E-state index in [2.05, 4.69) is 15.0 Å². The van der Waals surface area contributed by atoms with Crippen LogP contribution in [0.5, 0.6) is 0 Å². The van der Waals surface area contributed by atoms with Gasteiger partial charge < -0.3 is 9.74 Å². The van der Waals surface area contributed by atoms with E-state index >= 15 is 0 Å². The third kappa shape index (κ3) is 3.22. The highest BCUT2D eigenvalue weighted by molar-refractivity contribution is 5.75. The Labute approximate surface area is 151 Å². The molecule has 136 valence electrons. The predicted octanol–water partition coefficient (Wildman–Crippen LogP) is 1.81. The zero-order valence-electron chi connectivity index (χ0n) is 15.0. The highest BCUT2D eigenvalue weighted by atomic mass is 16.7. The first-order valence-corrected chi connectivity index (χ1v) is 9.12. The second-order valence-electron chi connectivity index (χ2n) is 6.62. The van der Waals surface area contributed by atoms with Crippen molar-refractivity contribution in [3.05, 3.63) is 52.7 Å². The fraction of sp³-hybridized carbons (Fsp3) is 0.421. The largest absolute Gasteiger partial charge is 0.409 e. The van der Waals surface area contributed by atoms with E-state index in [9.17, 15) is 4.79 Å². The second-order valence-corrected chi connectivity index (χ2v) is 6.62. The summed E-state index contributed by atoms with van der Waals surface area (Å²) in [6, 6.07) is 9.67. The van der Waals surface area contributed by atoms with Crippen molar-refractivity contribution in [2.24, 2.45) is 0 Å². The number of fused-ring (bicyclic) bond motifs is 1. The molecule has 0 bridgehead atoms. The molecule has 2 aromatic heterocycles. The molecular weight excluding hydrogens is 330 g/mol. The Bertz CT molecular complexity index is 942. The Morgan fingerprint density at radius 3 is 2.69 bits per heavy atom. The van der Waals surface area contributed by atoms with Gasteiger partial charge in [-0.25, -0.2) is 9.67 Å². The van der Waals surface area contributed by atoms with Crippen LogP contribution in [0, 0.1) is 6.92 Å². The molecule has 0 unspecified atom stereocenters. The predicted molar refractivity (Wildman–Crippen MR) is 99.6 cm³/mol. The van der Waals surface area contributed by atoms with Crippen molar-refractivity contribution >= 4 is 11.0 Å². The van der Waals surface area contributed by atoms with Gasteiger partial charge in [0.25, 0.3) is 5.56 Å². The number of hydrogen-bond donors (Lipinski definition) is 0. The Morgan fingerprint density at radius 2 is 1.92 bits per heavy atom. The molecule has 26 heavy (non-hydrogen) atoms. The van der Waals surface area contributed by atoms with E-state index in [1.54, 1.807) is 17.8 Å². The maximum Gasteiger partial charge on any atom is 0.297 e. The Kier molecular flexibility index (Phi) is 4.71. The summed E-state index contributed by atoms with van der Waals surface area (Å²) < 4.78 is 2.98. The summed E-state index contributed by atoms with van der Waals surface area (Å²) in [6.45, 7) is 5.63. The van der Waals surface area contributed by atoms with Crippen molar-refractivity contribution in [3.8, 4) is 5.69 Å². The molecule has 0 N–H and O–H groups in total. The SMILES string of the molecule is Cc1nc2c(cnn2-c2ccccc2)c(=O)n1OCCCN1CCCC1. The lowest BCUT2D eigenvalue weighted by molar-refractivity contribution is 0.0881. The minimum atomic E-state index is -0.212. The van der Waals surface area contributed by atoms with Crippen LogP contribution >= 0.6 is 0 Å². The van der Waals surface area contributed by atoms with E-state index < -0.39 is 0 Å². The van der Waals surface area contributed by atoms with Crippen LogP contribution < -0.4 is 10.4 Å². The van der Waals surface area contributed by atoms with Crippen molar-refractivity contribution in [2.45, 2.75) is 26.2 Å². The monoisotopic (exact) mass is 353 g/mol. The molecule has 0 spiro atoms. The number of benzene rings is 1. The summed E-state index contributed by atoms with van der Waals surface area (Å²) in [4.78, 5) is 25.5. The summed E-state index contributed by atoms with van der Waals surface area (Å²) in [7, 11) is 0. The van der Waals surface area contributed by atoms with Crippen molar-refractivity contribution < 1.29 is 4.84 Å². The normalized spacial score (nSPS) is 15.0. The first kappa shape index (κ1) is 16.8. The molecule has 7 nitrogen and oxygen atoms in total. The summed E-state index contributed by atoms with van der Waals surface area (Å²) in [6.07, 6.45) is 5.02. The fourth-order valence-electron chi connectivity index (χ4n) is 3.42. The van der Waals surface area contributed by atoms with Gasteiger partial charge in [0.05, 0.1) is 11.9 Å². The molecule has 0 amide bonds. The maximum absolute atomic E-state index is 12.8. The standard InChI is InChI=1S/C19H23N5O2/c1-15-21-18-17(14-20-23(18)16-8-3-2-4-9-16)19(25)24(15)26-13-7-12-22-10-5-6-11-22/h2-4,8-9,14H,5-7,10-13H2,1H3. The number of hydrogen-bond acceptors (Lipinski definition) is 5. The third-order valence-corrected chi connectivity index (χ3v) is 4.76. The summed E-state index contributed by atoms with van der Waals surface area (Å²) in [5, 5.41) is 4.79. The van der Waals surface area contributed by atoms with Gasteiger partial charge in [-0.15, -0.1) is 4.73 Å².